The molecule has 0 N–H and O–H groups in total. The van der Waals surface area contributed by atoms with Gasteiger partial charge in [0.15, 0.2) is 5.16 Å². The van der Waals surface area contributed by atoms with E-state index in [9.17, 15) is 9.59 Å². The van der Waals surface area contributed by atoms with Gasteiger partial charge in [-0.1, -0.05) is 55.3 Å². The van der Waals surface area contributed by atoms with E-state index in [0.29, 0.717) is 5.16 Å². The Bertz CT molecular complexity index is 1390. The second-order valence-corrected chi connectivity index (χ2v) is 11.8. The van der Waals surface area contributed by atoms with E-state index in [1.165, 1.54) is 30.2 Å². The molecule has 2 aliphatic carbocycles. The number of methoxy groups -OCH3 is 1. The Morgan fingerprint density at radius 1 is 0.974 bits per heavy atom. The summed E-state index contributed by atoms with van der Waals surface area (Å²) in [7, 11) is 1.64. The van der Waals surface area contributed by atoms with Gasteiger partial charge in [0.25, 0.3) is 5.56 Å². The first kappa shape index (κ1) is 25.2. The Hall–Kier alpha value is -3.06. The van der Waals surface area contributed by atoms with Crippen molar-refractivity contribution in [2.45, 2.75) is 68.4 Å². The zero-order valence-corrected chi connectivity index (χ0v) is 22.9. The van der Waals surface area contributed by atoms with Crippen molar-refractivity contribution in [3.05, 3.63) is 70.0 Å². The van der Waals surface area contributed by atoms with Gasteiger partial charge in [-0.15, -0.1) is 0 Å². The van der Waals surface area contributed by atoms with Crippen molar-refractivity contribution in [3.8, 4) is 22.7 Å². The van der Waals surface area contributed by atoms with Gasteiger partial charge >= 0.3 is 0 Å². The Kier molecular flexibility index (Phi) is 7.04. The summed E-state index contributed by atoms with van der Waals surface area (Å²) in [5.41, 5.74) is 4.58. The first-order chi connectivity index (χ1) is 18.6. The molecule has 198 valence electrons. The number of likely N-dealkylation sites (tertiary alicyclic amines) is 1. The minimum absolute atomic E-state index is 0.00416. The second kappa shape index (κ2) is 10.6. The summed E-state index contributed by atoms with van der Waals surface area (Å²) in [6.07, 6.45) is 9.67. The first-order valence-corrected chi connectivity index (χ1v) is 14.9. The lowest BCUT2D eigenvalue weighted by Gasteiger charge is -2.42. The van der Waals surface area contributed by atoms with Crippen LogP contribution in [0.1, 0.15) is 62.5 Å². The van der Waals surface area contributed by atoms with Crippen molar-refractivity contribution in [3.63, 3.8) is 0 Å². The van der Waals surface area contributed by atoms with Crippen LogP contribution in [0.25, 0.3) is 16.9 Å². The number of amides is 1. The molecular weight excluding hydrogens is 494 g/mol. The minimum atomic E-state index is -0.187. The molecule has 0 radical (unpaired) electrons. The van der Waals surface area contributed by atoms with E-state index in [2.05, 4.69) is 18.2 Å². The van der Waals surface area contributed by atoms with Gasteiger partial charge in [0, 0.05) is 24.1 Å². The van der Waals surface area contributed by atoms with Crippen molar-refractivity contribution >= 4 is 17.7 Å². The number of nitrogens with zero attached hydrogens (tertiary/aromatic N) is 3. The molecule has 1 aromatic heterocycles. The van der Waals surface area contributed by atoms with Crippen LogP contribution in [-0.2, 0) is 16.6 Å². The van der Waals surface area contributed by atoms with Gasteiger partial charge in [0.2, 0.25) is 5.91 Å². The molecule has 3 aliphatic rings. The molecule has 2 aromatic carbocycles. The minimum Gasteiger partial charge on any atom is -0.497 e. The molecule has 0 unspecified atom stereocenters. The summed E-state index contributed by atoms with van der Waals surface area (Å²) in [5, 5.41) is 0.576. The van der Waals surface area contributed by atoms with E-state index in [4.69, 9.17) is 9.72 Å². The number of aromatic nitrogens is 2. The molecule has 38 heavy (non-hydrogen) atoms. The maximum Gasteiger partial charge on any atom is 0.263 e. The number of carbonyl (C=O) groups is 1. The lowest BCUT2D eigenvalue weighted by atomic mass is 9.62. The van der Waals surface area contributed by atoms with Gasteiger partial charge in [-0.3, -0.25) is 14.2 Å². The van der Waals surface area contributed by atoms with Crippen LogP contribution in [0.4, 0.5) is 0 Å². The molecule has 7 heteroatoms. The summed E-state index contributed by atoms with van der Waals surface area (Å²) in [6.45, 7) is 1.64. The van der Waals surface area contributed by atoms with Crippen LogP contribution in [0.15, 0.2) is 58.5 Å². The molecule has 1 saturated heterocycles. The topological polar surface area (TPSA) is 64.4 Å². The fourth-order valence-electron chi connectivity index (χ4n) is 6.60. The number of benzene rings is 2. The summed E-state index contributed by atoms with van der Waals surface area (Å²) in [5.74, 6) is 1.13. The molecule has 0 atom stereocenters. The highest BCUT2D eigenvalue weighted by atomic mass is 32.2. The van der Waals surface area contributed by atoms with E-state index in [1.807, 2.05) is 35.2 Å². The van der Waals surface area contributed by atoms with Crippen molar-refractivity contribution < 1.29 is 9.53 Å². The Balaban J connectivity index is 1.50. The average molecular weight is 530 g/mol. The van der Waals surface area contributed by atoms with Gasteiger partial charge < -0.3 is 9.64 Å². The van der Waals surface area contributed by atoms with Gasteiger partial charge in [-0.2, -0.15) is 0 Å². The SMILES string of the molecule is COc1ccc(-n2c(SCC(=O)N3CCCCC3)nc3c(c2=O)C2(CCCCC2)Cc2ccccc2-3)cc1. The molecule has 1 spiro atoms. The molecule has 1 aliphatic heterocycles. The largest absolute Gasteiger partial charge is 0.497 e. The van der Waals surface area contributed by atoms with Crippen LogP contribution < -0.4 is 10.3 Å². The predicted molar refractivity (Wildman–Crippen MR) is 151 cm³/mol. The number of fused-ring (bicyclic) bond motifs is 4. The fraction of sp³-hybridized carbons (Fsp3) is 0.452. The van der Waals surface area contributed by atoms with Gasteiger partial charge in [0.05, 0.1) is 29.8 Å². The average Bonchev–Trinajstić information content (AvgIpc) is 2.97. The number of carbonyl (C=O) groups excluding carboxylic acids is 1. The summed E-state index contributed by atoms with van der Waals surface area (Å²) < 4.78 is 7.12. The first-order valence-electron chi connectivity index (χ1n) is 13.9. The maximum absolute atomic E-state index is 14.6. The van der Waals surface area contributed by atoms with E-state index < -0.39 is 0 Å². The Labute approximate surface area is 228 Å². The van der Waals surface area contributed by atoms with Crippen LogP contribution >= 0.6 is 11.8 Å². The van der Waals surface area contributed by atoms with Crippen LogP contribution in [0.5, 0.6) is 5.75 Å². The van der Waals surface area contributed by atoms with E-state index >= 15 is 0 Å². The second-order valence-electron chi connectivity index (χ2n) is 10.9. The lowest BCUT2D eigenvalue weighted by Crippen LogP contribution is -2.43. The van der Waals surface area contributed by atoms with Crippen LogP contribution in [0.2, 0.25) is 0 Å². The quantitative estimate of drug-likeness (QED) is 0.310. The number of piperidine rings is 1. The molecule has 1 amide bonds. The van der Waals surface area contributed by atoms with Crippen LogP contribution in [0, 0.1) is 0 Å². The third kappa shape index (κ3) is 4.55. The summed E-state index contributed by atoms with van der Waals surface area (Å²) in [6, 6.07) is 16.0. The molecule has 3 aromatic rings. The summed E-state index contributed by atoms with van der Waals surface area (Å²) in [4.78, 5) is 34.9. The molecular formula is C31H35N3O3S. The lowest BCUT2D eigenvalue weighted by molar-refractivity contribution is -0.129. The monoisotopic (exact) mass is 529 g/mol. The Morgan fingerprint density at radius 3 is 2.42 bits per heavy atom. The van der Waals surface area contributed by atoms with Crippen LogP contribution in [0.3, 0.4) is 0 Å². The highest BCUT2D eigenvalue weighted by molar-refractivity contribution is 7.99. The van der Waals surface area contributed by atoms with E-state index in [1.54, 1.807) is 11.7 Å². The number of rotatable bonds is 5. The number of ether oxygens (including phenoxy) is 1. The van der Waals surface area contributed by atoms with E-state index in [0.717, 1.165) is 86.3 Å². The van der Waals surface area contributed by atoms with E-state index in [-0.39, 0.29) is 22.6 Å². The molecule has 2 heterocycles. The zero-order valence-electron chi connectivity index (χ0n) is 22.1. The number of thioether (sulfide) groups is 1. The molecule has 2 fully saturated rings. The van der Waals surface area contributed by atoms with Crippen molar-refractivity contribution in [1.82, 2.24) is 14.5 Å². The smallest absolute Gasteiger partial charge is 0.263 e. The summed E-state index contributed by atoms with van der Waals surface area (Å²) >= 11 is 1.38. The third-order valence-electron chi connectivity index (χ3n) is 8.56. The molecule has 1 saturated carbocycles. The van der Waals surface area contributed by atoms with Gasteiger partial charge in [-0.05, 0) is 68.4 Å². The third-order valence-corrected chi connectivity index (χ3v) is 9.48. The highest BCUT2D eigenvalue weighted by Crippen LogP contribution is 2.49. The van der Waals surface area contributed by atoms with Crippen molar-refractivity contribution in [2.75, 3.05) is 26.0 Å². The maximum atomic E-state index is 14.6. The fourth-order valence-corrected chi connectivity index (χ4v) is 7.51. The van der Waals surface area contributed by atoms with Crippen LogP contribution in [-0.4, -0.2) is 46.3 Å². The number of hydrogen-bond donors (Lipinski definition) is 0. The molecule has 6 nitrogen and oxygen atoms in total. The normalized spacial score (nSPS) is 18.1. The molecule has 0 bridgehead atoms. The standard InChI is InChI=1S/C31H35N3O3S/c1-37-24-14-12-23(13-15-24)34-29(36)27-28(32-30(34)38-21-26(35)33-18-8-3-9-19-33)25-11-5-4-10-22(25)20-31(27)16-6-2-7-17-31/h4-5,10-15H,2-3,6-9,16-21H2,1H3. The highest BCUT2D eigenvalue weighted by Gasteiger charge is 2.43. The molecule has 6 rings (SSSR count). The van der Waals surface area contributed by atoms with Gasteiger partial charge in [-0.25, -0.2) is 4.98 Å². The van der Waals surface area contributed by atoms with Crippen molar-refractivity contribution in [2.24, 2.45) is 0 Å². The number of hydrogen-bond acceptors (Lipinski definition) is 5. The predicted octanol–water partition coefficient (Wildman–Crippen LogP) is 5.77. The zero-order chi connectivity index (χ0) is 26.1. The van der Waals surface area contributed by atoms with Gasteiger partial charge in [0.1, 0.15) is 5.75 Å². The van der Waals surface area contributed by atoms with Crippen molar-refractivity contribution in [1.29, 1.82) is 0 Å². The Morgan fingerprint density at radius 2 is 1.68 bits per heavy atom.